The Balaban J connectivity index is 1.44. The molecule has 0 aliphatic carbocycles. The van der Waals surface area contributed by atoms with E-state index in [0.717, 1.165) is 11.1 Å². The Kier molecular flexibility index (Phi) is 8.32. The number of benzene rings is 2. The number of hydrogen-bond acceptors (Lipinski definition) is 7. The van der Waals surface area contributed by atoms with Crippen molar-refractivity contribution >= 4 is 22.3 Å². The predicted octanol–water partition coefficient (Wildman–Crippen LogP) is 4.74. The number of carbonyl (C=O) groups excluding carboxylic acids is 2. The molecular formula is C28H36N2O7S. The highest BCUT2D eigenvalue weighted by Gasteiger charge is 2.48. The lowest BCUT2D eigenvalue weighted by atomic mass is 9.92. The molecule has 2 aromatic rings. The molecule has 0 N–H and O–H groups in total. The molecular weight excluding hydrogens is 508 g/mol. The highest BCUT2D eigenvalue weighted by Crippen LogP contribution is 2.37. The van der Waals surface area contributed by atoms with Gasteiger partial charge < -0.3 is 14.4 Å². The minimum Gasteiger partial charge on any atom is -0.445 e. The van der Waals surface area contributed by atoms with Crippen LogP contribution in [0.5, 0.6) is 0 Å². The van der Waals surface area contributed by atoms with Crippen molar-refractivity contribution in [3.05, 3.63) is 65.7 Å². The van der Waals surface area contributed by atoms with Crippen LogP contribution >= 0.6 is 0 Å². The lowest BCUT2D eigenvalue weighted by molar-refractivity contribution is 0.00274. The quantitative estimate of drug-likeness (QED) is 0.484. The Morgan fingerprint density at radius 3 is 2.34 bits per heavy atom. The van der Waals surface area contributed by atoms with Crippen LogP contribution in [0.2, 0.25) is 0 Å². The Bertz CT molecular complexity index is 1230. The van der Waals surface area contributed by atoms with Crippen LogP contribution < -0.4 is 0 Å². The first kappa shape index (κ1) is 27.9. The molecule has 3 unspecified atom stereocenters. The van der Waals surface area contributed by atoms with Gasteiger partial charge in [0.25, 0.3) is 10.1 Å². The summed E-state index contributed by atoms with van der Waals surface area (Å²) in [6.07, 6.45) is 0.102. The number of aryl methyl sites for hydroxylation is 1. The summed E-state index contributed by atoms with van der Waals surface area (Å²) in [5, 5.41) is 0. The molecule has 2 heterocycles. The Morgan fingerprint density at radius 2 is 1.68 bits per heavy atom. The monoisotopic (exact) mass is 544 g/mol. The fourth-order valence-corrected chi connectivity index (χ4v) is 5.96. The molecule has 3 atom stereocenters. The first-order valence-corrected chi connectivity index (χ1v) is 14.3. The van der Waals surface area contributed by atoms with Crippen LogP contribution in [0.3, 0.4) is 0 Å². The van der Waals surface area contributed by atoms with Gasteiger partial charge in [-0.25, -0.2) is 9.59 Å². The maximum absolute atomic E-state index is 13.2. The summed E-state index contributed by atoms with van der Waals surface area (Å²) in [4.78, 5) is 29.3. The lowest BCUT2D eigenvalue weighted by Gasteiger charge is -2.38. The Hall–Kier alpha value is -3.11. The number of piperidine rings is 1. The van der Waals surface area contributed by atoms with Crippen molar-refractivity contribution in [2.45, 2.75) is 69.7 Å². The van der Waals surface area contributed by atoms with E-state index in [2.05, 4.69) is 0 Å². The van der Waals surface area contributed by atoms with E-state index in [1.165, 1.54) is 12.1 Å². The number of rotatable bonds is 6. The van der Waals surface area contributed by atoms with Crippen molar-refractivity contribution in [1.82, 2.24) is 9.80 Å². The first-order valence-electron chi connectivity index (χ1n) is 12.9. The molecule has 38 heavy (non-hydrogen) atoms. The van der Waals surface area contributed by atoms with E-state index in [4.69, 9.17) is 13.7 Å². The average Bonchev–Trinajstić information content (AvgIpc) is 3.24. The Labute approximate surface area is 224 Å². The average molecular weight is 545 g/mol. The van der Waals surface area contributed by atoms with Gasteiger partial charge in [0.2, 0.25) is 0 Å². The highest BCUT2D eigenvalue weighted by molar-refractivity contribution is 7.86. The molecule has 2 aliphatic heterocycles. The molecule has 2 aliphatic rings. The fourth-order valence-electron chi connectivity index (χ4n) is 5.02. The van der Waals surface area contributed by atoms with Gasteiger partial charge in [0.1, 0.15) is 12.2 Å². The van der Waals surface area contributed by atoms with E-state index in [0.29, 0.717) is 25.9 Å². The molecule has 0 spiro atoms. The second kappa shape index (κ2) is 11.3. The van der Waals surface area contributed by atoms with Gasteiger partial charge in [-0.1, -0.05) is 48.0 Å². The van der Waals surface area contributed by atoms with Crippen LogP contribution in [0.25, 0.3) is 0 Å². The van der Waals surface area contributed by atoms with Gasteiger partial charge in [0.05, 0.1) is 17.5 Å². The minimum atomic E-state index is -4.00. The molecule has 2 amide bonds. The highest BCUT2D eigenvalue weighted by atomic mass is 32.2. The number of nitrogens with zero attached hydrogens (tertiary/aromatic N) is 2. The number of likely N-dealkylation sites (tertiary alicyclic amines) is 2. The molecule has 0 aromatic heterocycles. The van der Waals surface area contributed by atoms with E-state index in [9.17, 15) is 18.0 Å². The zero-order chi connectivity index (χ0) is 27.5. The zero-order valence-electron chi connectivity index (χ0n) is 22.3. The van der Waals surface area contributed by atoms with E-state index in [1.54, 1.807) is 42.7 Å². The van der Waals surface area contributed by atoms with Gasteiger partial charge in [-0.2, -0.15) is 8.42 Å². The summed E-state index contributed by atoms with van der Waals surface area (Å²) in [6, 6.07) is 15.2. The summed E-state index contributed by atoms with van der Waals surface area (Å²) in [6.45, 7) is 8.05. The van der Waals surface area contributed by atoms with Gasteiger partial charge in [-0.05, 0) is 64.2 Å². The van der Waals surface area contributed by atoms with Gasteiger partial charge in [0.15, 0.2) is 0 Å². The smallest absolute Gasteiger partial charge is 0.410 e. The number of amides is 2. The van der Waals surface area contributed by atoms with Gasteiger partial charge in [0, 0.05) is 19.1 Å². The van der Waals surface area contributed by atoms with Crippen LogP contribution in [0, 0.1) is 12.8 Å². The van der Waals surface area contributed by atoms with Crippen molar-refractivity contribution in [2.75, 3.05) is 19.7 Å². The SMILES string of the molecule is Cc1ccc(S(=O)(=O)OCC2CC3CN(C(=O)OCc4ccccc4)CCC3N2C(=O)OC(C)(C)C)cc1. The molecule has 0 bridgehead atoms. The molecule has 206 valence electrons. The minimum absolute atomic E-state index is 0.0591. The number of ether oxygens (including phenoxy) is 2. The maximum Gasteiger partial charge on any atom is 0.410 e. The first-order chi connectivity index (χ1) is 17.9. The van der Waals surface area contributed by atoms with Crippen LogP contribution in [0.1, 0.15) is 44.7 Å². The number of hydrogen-bond donors (Lipinski definition) is 0. The van der Waals surface area contributed by atoms with Gasteiger partial charge >= 0.3 is 12.2 Å². The third-order valence-corrected chi connectivity index (χ3v) is 8.11. The largest absolute Gasteiger partial charge is 0.445 e. The normalized spacial score (nSPS) is 21.6. The summed E-state index contributed by atoms with van der Waals surface area (Å²) in [5.41, 5.74) is 1.13. The van der Waals surface area contributed by atoms with Crippen molar-refractivity contribution in [3.8, 4) is 0 Å². The third-order valence-electron chi connectivity index (χ3n) is 6.81. The van der Waals surface area contributed by atoms with Crippen molar-refractivity contribution in [1.29, 1.82) is 0 Å². The molecule has 2 fully saturated rings. The summed E-state index contributed by atoms with van der Waals surface area (Å²) in [5.74, 6) is -0.0591. The van der Waals surface area contributed by atoms with E-state index >= 15 is 0 Å². The zero-order valence-corrected chi connectivity index (χ0v) is 23.1. The van der Waals surface area contributed by atoms with E-state index in [1.807, 2.05) is 37.3 Å². The standard InChI is InChI=1S/C28H36N2O7S/c1-20-10-12-24(13-11-20)38(33,34)36-19-23-16-22-17-29(26(31)35-18-21-8-6-5-7-9-21)15-14-25(22)30(23)27(32)37-28(2,3)4/h5-13,22-23,25H,14-19H2,1-4H3. The molecule has 9 nitrogen and oxygen atoms in total. The second-order valence-corrected chi connectivity index (χ2v) is 12.5. The van der Waals surface area contributed by atoms with Gasteiger partial charge in [-0.15, -0.1) is 0 Å². The van der Waals surface area contributed by atoms with E-state index < -0.39 is 33.9 Å². The second-order valence-electron chi connectivity index (χ2n) is 10.9. The van der Waals surface area contributed by atoms with Gasteiger partial charge in [-0.3, -0.25) is 9.08 Å². The van der Waals surface area contributed by atoms with Crippen LogP contribution in [-0.4, -0.2) is 67.8 Å². The Morgan fingerprint density at radius 1 is 1.00 bits per heavy atom. The summed E-state index contributed by atoms with van der Waals surface area (Å²) in [7, 11) is -4.00. The molecule has 2 saturated heterocycles. The van der Waals surface area contributed by atoms with Crippen molar-refractivity contribution in [2.24, 2.45) is 5.92 Å². The summed E-state index contributed by atoms with van der Waals surface area (Å²) < 4.78 is 42.3. The van der Waals surface area contributed by atoms with Crippen molar-refractivity contribution < 1.29 is 31.7 Å². The fraction of sp³-hybridized carbons (Fsp3) is 0.500. The van der Waals surface area contributed by atoms with Crippen LogP contribution in [-0.2, 0) is 30.4 Å². The number of carbonyl (C=O) groups is 2. The summed E-state index contributed by atoms with van der Waals surface area (Å²) >= 11 is 0. The molecule has 4 rings (SSSR count). The van der Waals surface area contributed by atoms with E-state index in [-0.39, 0.29) is 30.1 Å². The topological polar surface area (TPSA) is 102 Å². The maximum atomic E-state index is 13.2. The molecule has 0 saturated carbocycles. The van der Waals surface area contributed by atoms with Crippen LogP contribution in [0.4, 0.5) is 9.59 Å². The third kappa shape index (κ3) is 6.85. The molecule has 10 heteroatoms. The van der Waals surface area contributed by atoms with Crippen LogP contribution in [0.15, 0.2) is 59.5 Å². The molecule has 0 radical (unpaired) electrons. The molecule has 2 aromatic carbocycles. The van der Waals surface area contributed by atoms with Crippen molar-refractivity contribution in [3.63, 3.8) is 0 Å². The predicted molar refractivity (Wildman–Crippen MR) is 141 cm³/mol. The number of fused-ring (bicyclic) bond motifs is 1. The lowest BCUT2D eigenvalue weighted by Crippen LogP contribution is -2.52.